The van der Waals surface area contributed by atoms with Crippen LogP contribution in [-0.2, 0) is 4.79 Å². The zero-order valence-electron chi connectivity index (χ0n) is 10.7. The van der Waals surface area contributed by atoms with Crippen LogP contribution in [0.25, 0.3) is 0 Å². The number of rotatable bonds is 5. The normalized spacial score (nSPS) is 10.2. The molecule has 7 nitrogen and oxygen atoms in total. The second-order valence-corrected chi connectivity index (χ2v) is 5.01. The summed E-state index contributed by atoms with van der Waals surface area (Å²) < 4.78 is 0.642. The van der Waals surface area contributed by atoms with Gasteiger partial charge in [-0.15, -0.1) is 0 Å². The summed E-state index contributed by atoms with van der Waals surface area (Å²) in [6, 6.07) is 1.59. The van der Waals surface area contributed by atoms with Gasteiger partial charge in [0.25, 0.3) is 5.91 Å². The number of halogens is 1. The van der Waals surface area contributed by atoms with E-state index in [1.54, 1.807) is 6.07 Å². The molecule has 0 saturated heterocycles. The van der Waals surface area contributed by atoms with Crippen LogP contribution >= 0.6 is 15.9 Å². The lowest BCUT2D eigenvalue weighted by molar-refractivity contribution is -0.120. The largest absolute Gasteiger partial charge is 0.352 e. The molecule has 0 bridgehead atoms. The average molecular weight is 330 g/mol. The van der Waals surface area contributed by atoms with E-state index in [0.717, 1.165) is 0 Å². The Kier molecular flexibility index (Phi) is 5.71. The Morgan fingerprint density at radius 1 is 1.47 bits per heavy atom. The number of pyridine rings is 1. The van der Waals surface area contributed by atoms with E-state index < -0.39 is 5.91 Å². The highest BCUT2D eigenvalue weighted by atomic mass is 79.9. The van der Waals surface area contributed by atoms with Gasteiger partial charge in [-0.1, -0.05) is 0 Å². The lowest BCUT2D eigenvalue weighted by Crippen LogP contribution is -2.40. The molecule has 0 aliphatic carbocycles. The first-order valence-corrected chi connectivity index (χ1v) is 6.43. The summed E-state index contributed by atoms with van der Waals surface area (Å²) in [4.78, 5) is 27.3. The summed E-state index contributed by atoms with van der Waals surface area (Å²) in [5.74, 6) is 4.83. The minimum Gasteiger partial charge on any atom is -0.352 e. The van der Waals surface area contributed by atoms with Crippen molar-refractivity contribution in [3.63, 3.8) is 0 Å². The minimum atomic E-state index is -0.430. The standard InChI is InChI=1S/C11H16BrN5O2/c1-6(2)16-9(18)5-15-11(19)8-3-7(12)4-14-10(8)17-13/h3-4,6H,5,13H2,1-2H3,(H,14,17)(H,15,19)(H,16,18). The molecule has 1 rings (SSSR count). The number of nitrogen functional groups attached to an aromatic ring is 1. The number of anilines is 1. The Labute approximate surface area is 119 Å². The van der Waals surface area contributed by atoms with E-state index >= 15 is 0 Å². The van der Waals surface area contributed by atoms with Crippen LogP contribution in [0.15, 0.2) is 16.7 Å². The van der Waals surface area contributed by atoms with E-state index in [1.165, 1.54) is 6.20 Å². The highest BCUT2D eigenvalue weighted by Crippen LogP contribution is 2.16. The van der Waals surface area contributed by atoms with Crippen LogP contribution in [-0.4, -0.2) is 29.4 Å². The zero-order valence-corrected chi connectivity index (χ0v) is 12.2. The van der Waals surface area contributed by atoms with Crippen molar-refractivity contribution in [1.29, 1.82) is 0 Å². The van der Waals surface area contributed by atoms with Gasteiger partial charge < -0.3 is 16.1 Å². The number of nitrogens with zero attached hydrogens (tertiary/aromatic N) is 1. The topological polar surface area (TPSA) is 109 Å². The van der Waals surface area contributed by atoms with Crippen molar-refractivity contribution in [2.45, 2.75) is 19.9 Å². The Hall–Kier alpha value is -1.67. The molecule has 1 aromatic rings. The van der Waals surface area contributed by atoms with Crippen molar-refractivity contribution < 1.29 is 9.59 Å². The van der Waals surface area contributed by atoms with Crippen LogP contribution < -0.4 is 21.9 Å². The van der Waals surface area contributed by atoms with E-state index in [2.05, 4.69) is 37.0 Å². The quantitative estimate of drug-likeness (QED) is 0.461. The van der Waals surface area contributed by atoms with Gasteiger partial charge >= 0.3 is 0 Å². The maximum absolute atomic E-state index is 11.9. The first kappa shape index (κ1) is 15.4. The van der Waals surface area contributed by atoms with Crippen LogP contribution in [0.3, 0.4) is 0 Å². The smallest absolute Gasteiger partial charge is 0.255 e. The molecular formula is C11H16BrN5O2. The maximum atomic E-state index is 11.9. The predicted molar refractivity (Wildman–Crippen MR) is 75.4 cm³/mol. The lowest BCUT2D eigenvalue weighted by Gasteiger charge is -2.11. The van der Waals surface area contributed by atoms with Gasteiger partial charge in [-0.2, -0.15) is 0 Å². The van der Waals surface area contributed by atoms with Gasteiger partial charge in [0.15, 0.2) is 5.82 Å². The number of aromatic nitrogens is 1. The number of nitrogens with two attached hydrogens (primary N) is 1. The highest BCUT2D eigenvalue weighted by molar-refractivity contribution is 9.10. The van der Waals surface area contributed by atoms with Gasteiger partial charge in [-0.25, -0.2) is 10.8 Å². The second-order valence-electron chi connectivity index (χ2n) is 4.10. The molecule has 1 aromatic heterocycles. The number of hydrogen-bond donors (Lipinski definition) is 4. The molecule has 8 heteroatoms. The van der Waals surface area contributed by atoms with Crippen LogP contribution in [0.5, 0.6) is 0 Å². The lowest BCUT2D eigenvalue weighted by atomic mass is 10.2. The van der Waals surface area contributed by atoms with Crippen molar-refractivity contribution >= 4 is 33.6 Å². The summed E-state index contributed by atoms with van der Waals surface area (Å²) in [6.07, 6.45) is 1.51. The van der Waals surface area contributed by atoms with Crippen molar-refractivity contribution in [2.24, 2.45) is 5.84 Å². The Bertz CT molecular complexity index is 478. The summed E-state index contributed by atoms with van der Waals surface area (Å²) in [5, 5.41) is 5.17. The highest BCUT2D eigenvalue weighted by Gasteiger charge is 2.14. The molecule has 19 heavy (non-hydrogen) atoms. The fourth-order valence-corrected chi connectivity index (χ4v) is 1.69. The van der Waals surface area contributed by atoms with Crippen LogP contribution in [0.4, 0.5) is 5.82 Å². The van der Waals surface area contributed by atoms with E-state index in [0.29, 0.717) is 4.47 Å². The SMILES string of the molecule is CC(C)NC(=O)CNC(=O)c1cc(Br)cnc1NN. The second kappa shape index (κ2) is 7.05. The molecular weight excluding hydrogens is 314 g/mol. The number of carbonyl (C=O) groups excluding carboxylic acids is 2. The number of carbonyl (C=O) groups is 2. The van der Waals surface area contributed by atoms with Crippen LogP contribution in [0.2, 0.25) is 0 Å². The number of hydrogen-bond acceptors (Lipinski definition) is 5. The zero-order chi connectivity index (χ0) is 14.4. The molecule has 104 valence electrons. The molecule has 0 radical (unpaired) electrons. The maximum Gasteiger partial charge on any atom is 0.255 e. The Morgan fingerprint density at radius 3 is 2.74 bits per heavy atom. The summed E-state index contributed by atoms with van der Waals surface area (Å²) in [5.41, 5.74) is 2.59. The van der Waals surface area contributed by atoms with Gasteiger partial charge in [-0.05, 0) is 35.8 Å². The molecule has 0 aliphatic heterocycles. The van der Waals surface area contributed by atoms with E-state index in [1.807, 2.05) is 13.8 Å². The average Bonchev–Trinajstić information content (AvgIpc) is 2.35. The fraction of sp³-hybridized carbons (Fsp3) is 0.364. The molecule has 0 atom stereocenters. The van der Waals surface area contributed by atoms with Gasteiger partial charge in [0.05, 0.1) is 12.1 Å². The van der Waals surface area contributed by atoms with Gasteiger partial charge in [0.2, 0.25) is 5.91 Å². The van der Waals surface area contributed by atoms with Gasteiger partial charge in [-0.3, -0.25) is 9.59 Å². The number of hydrazine groups is 1. The van der Waals surface area contributed by atoms with Gasteiger partial charge in [0, 0.05) is 16.7 Å². The first-order valence-electron chi connectivity index (χ1n) is 5.63. The fourth-order valence-electron chi connectivity index (χ4n) is 1.36. The molecule has 0 spiro atoms. The van der Waals surface area contributed by atoms with Crippen molar-refractivity contribution in [3.05, 3.63) is 22.3 Å². The molecule has 0 fully saturated rings. The van der Waals surface area contributed by atoms with Crippen molar-refractivity contribution in [1.82, 2.24) is 15.6 Å². The molecule has 0 saturated carbocycles. The number of nitrogens with one attached hydrogen (secondary N) is 3. The number of amides is 2. The minimum absolute atomic E-state index is 0.0261. The van der Waals surface area contributed by atoms with E-state index in [9.17, 15) is 9.59 Å². The Morgan fingerprint density at radius 2 is 2.16 bits per heavy atom. The third-order valence-electron chi connectivity index (χ3n) is 2.09. The third-order valence-corrected chi connectivity index (χ3v) is 2.53. The van der Waals surface area contributed by atoms with Gasteiger partial charge in [0.1, 0.15) is 0 Å². The molecule has 0 unspecified atom stereocenters. The molecule has 0 aromatic carbocycles. The molecule has 2 amide bonds. The summed E-state index contributed by atoms with van der Waals surface area (Å²) >= 11 is 3.22. The van der Waals surface area contributed by atoms with Crippen LogP contribution in [0.1, 0.15) is 24.2 Å². The van der Waals surface area contributed by atoms with E-state index in [4.69, 9.17) is 5.84 Å². The molecule has 0 aliphatic rings. The molecule has 1 heterocycles. The summed E-state index contributed by atoms with van der Waals surface area (Å²) in [6.45, 7) is 3.58. The third kappa shape index (κ3) is 4.84. The molecule has 5 N–H and O–H groups in total. The first-order chi connectivity index (χ1) is 8.93. The van der Waals surface area contributed by atoms with Crippen molar-refractivity contribution in [3.8, 4) is 0 Å². The van der Waals surface area contributed by atoms with Crippen molar-refractivity contribution in [2.75, 3.05) is 12.0 Å². The Balaban J connectivity index is 2.68. The predicted octanol–water partition coefficient (Wildman–Crippen LogP) is 0.384. The summed E-state index contributed by atoms with van der Waals surface area (Å²) in [7, 11) is 0. The van der Waals surface area contributed by atoms with E-state index in [-0.39, 0.29) is 29.9 Å². The monoisotopic (exact) mass is 329 g/mol. The van der Waals surface area contributed by atoms with Crippen LogP contribution in [0, 0.1) is 0 Å².